The molecule has 2 rings (SSSR count). The SMILES string of the molecule is CC(C)c1ncc2ccc(Cl)cc2n1. The van der Waals surface area contributed by atoms with Crippen molar-refractivity contribution in [1.29, 1.82) is 0 Å². The van der Waals surface area contributed by atoms with Crippen molar-refractivity contribution in [2.45, 2.75) is 19.8 Å². The van der Waals surface area contributed by atoms with Crippen LogP contribution in [-0.4, -0.2) is 9.97 Å². The van der Waals surface area contributed by atoms with E-state index in [1.54, 1.807) is 0 Å². The van der Waals surface area contributed by atoms with Crippen LogP contribution in [0.3, 0.4) is 0 Å². The number of aromatic nitrogens is 2. The summed E-state index contributed by atoms with van der Waals surface area (Å²) in [5.74, 6) is 1.21. The highest BCUT2D eigenvalue weighted by Gasteiger charge is 2.03. The van der Waals surface area contributed by atoms with Gasteiger partial charge in [0.25, 0.3) is 0 Å². The van der Waals surface area contributed by atoms with Gasteiger partial charge >= 0.3 is 0 Å². The van der Waals surface area contributed by atoms with Gasteiger partial charge in [-0.2, -0.15) is 0 Å². The van der Waals surface area contributed by atoms with Crippen LogP contribution in [-0.2, 0) is 0 Å². The van der Waals surface area contributed by atoms with Crippen LogP contribution < -0.4 is 0 Å². The van der Waals surface area contributed by atoms with Gasteiger partial charge in [0.1, 0.15) is 5.82 Å². The lowest BCUT2D eigenvalue weighted by molar-refractivity contribution is 0.783. The molecule has 0 fully saturated rings. The van der Waals surface area contributed by atoms with Gasteiger partial charge in [-0.25, -0.2) is 9.97 Å². The number of hydrogen-bond donors (Lipinski definition) is 0. The summed E-state index contributed by atoms with van der Waals surface area (Å²) in [7, 11) is 0. The molecular weight excluding hydrogens is 196 g/mol. The fourth-order valence-corrected chi connectivity index (χ4v) is 1.46. The summed E-state index contributed by atoms with van der Waals surface area (Å²) < 4.78 is 0. The molecule has 1 heterocycles. The molecule has 0 radical (unpaired) electrons. The number of hydrogen-bond acceptors (Lipinski definition) is 2. The maximum atomic E-state index is 5.89. The van der Waals surface area contributed by atoms with E-state index in [0.717, 1.165) is 16.7 Å². The van der Waals surface area contributed by atoms with Crippen molar-refractivity contribution in [3.63, 3.8) is 0 Å². The van der Waals surface area contributed by atoms with Crippen LogP contribution >= 0.6 is 11.6 Å². The van der Waals surface area contributed by atoms with Gasteiger partial charge in [0.2, 0.25) is 0 Å². The molecule has 0 aliphatic heterocycles. The van der Waals surface area contributed by atoms with Gasteiger partial charge in [-0.05, 0) is 18.2 Å². The summed E-state index contributed by atoms with van der Waals surface area (Å²) in [6.07, 6.45) is 1.84. The fraction of sp³-hybridized carbons (Fsp3) is 0.273. The quantitative estimate of drug-likeness (QED) is 0.715. The lowest BCUT2D eigenvalue weighted by atomic mass is 10.2. The van der Waals surface area contributed by atoms with Crippen molar-refractivity contribution in [2.75, 3.05) is 0 Å². The fourth-order valence-electron chi connectivity index (χ4n) is 1.29. The molecule has 0 aliphatic carbocycles. The third kappa shape index (κ3) is 1.70. The molecular formula is C11H11ClN2. The van der Waals surface area contributed by atoms with E-state index in [1.807, 2.05) is 24.4 Å². The van der Waals surface area contributed by atoms with E-state index in [0.29, 0.717) is 10.9 Å². The van der Waals surface area contributed by atoms with Crippen LogP contribution in [0, 0.1) is 0 Å². The summed E-state index contributed by atoms with van der Waals surface area (Å²) in [5, 5.41) is 1.74. The molecule has 2 aromatic rings. The smallest absolute Gasteiger partial charge is 0.131 e. The monoisotopic (exact) mass is 206 g/mol. The Labute approximate surface area is 88.0 Å². The molecule has 2 nitrogen and oxygen atoms in total. The average Bonchev–Trinajstić information content (AvgIpc) is 2.16. The van der Waals surface area contributed by atoms with Crippen LogP contribution in [0.15, 0.2) is 24.4 Å². The average molecular weight is 207 g/mol. The highest BCUT2D eigenvalue weighted by Crippen LogP contribution is 2.18. The molecule has 72 valence electrons. The summed E-state index contributed by atoms with van der Waals surface area (Å²) >= 11 is 5.89. The normalized spacial score (nSPS) is 11.1. The Morgan fingerprint density at radius 2 is 2.07 bits per heavy atom. The van der Waals surface area contributed by atoms with Gasteiger partial charge in [-0.1, -0.05) is 25.4 Å². The molecule has 0 bridgehead atoms. The second-order valence-corrected chi connectivity index (χ2v) is 4.02. The van der Waals surface area contributed by atoms with Crippen LogP contribution in [0.25, 0.3) is 10.9 Å². The maximum absolute atomic E-state index is 5.89. The third-order valence-electron chi connectivity index (χ3n) is 2.08. The van der Waals surface area contributed by atoms with Crippen LogP contribution in [0.1, 0.15) is 25.6 Å². The zero-order valence-corrected chi connectivity index (χ0v) is 8.92. The lowest BCUT2D eigenvalue weighted by Crippen LogP contribution is -1.96. The first-order valence-electron chi connectivity index (χ1n) is 4.59. The Morgan fingerprint density at radius 3 is 2.79 bits per heavy atom. The first-order chi connectivity index (χ1) is 6.66. The van der Waals surface area contributed by atoms with E-state index in [4.69, 9.17) is 11.6 Å². The topological polar surface area (TPSA) is 25.8 Å². The molecule has 1 aromatic carbocycles. The van der Waals surface area contributed by atoms with Crippen molar-refractivity contribution in [3.8, 4) is 0 Å². The van der Waals surface area contributed by atoms with Gasteiger partial charge in [0.05, 0.1) is 5.52 Å². The van der Waals surface area contributed by atoms with Crippen LogP contribution in [0.5, 0.6) is 0 Å². The third-order valence-corrected chi connectivity index (χ3v) is 2.31. The van der Waals surface area contributed by atoms with Crippen molar-refractivity contribution >= 4 is 22.5 Å². The van der Waals surface area contributed by atoms with Crippen LogP contribution in [0.2, 0.25) is 5.02 Å². The van der Waals surface area contributed by atoms with E-state index < -0.39 is 0 Å². The molecule has 0 N–H and O–H groups in total. The van der Waals surface area contributed by atoms with E-state index in [1.165, 1.54) is 0 Å². The molecule has 0 spiro atoms. The Morgan fingerprint density at radius 1 is 1.29 bits per heavy atom. The maximum Gasteiger partial charge on any atom is 0.131 e. The van der Waals surface area contributed by atoms with E-state index >= 15 is 0 Å². The van der Waals surface area contributed by atoms with Gasteiger partial charge in [-0.3, -0.25) is 0 Å². The van der Waals surface area contributed by atoms with Gasteiger partial charge in [0, 0.05) is 22.5 Å². The van der Waals surface area contributed by atoms with Crippen LogP contribution in [0.4, 0.5) is 0 Å². The summed E-state index contributed by atoms with van der Waals surface area (Å²) in [6.45, 7) is 4.15. The van der Waals surface area contributed by atoms with Crippen molar-refractivity contribution in [1.82, 2.24) is 9.97 Å². The molecule has 14 heavy (non-hydrogen) atoms. The Hall–Kier alpha value is -1.15. The predicted molar refractivity (Wildman–Crippen MR) is 58.6 cm³/mol. The molecule has 0 atom stereocenters. The Bertz CT molecular complexity index is 466. The van der Waals surface area contributed by atoms with Gasteiger partial charge in [0.15, 0.2) is 0 Å². The molecule has 0 amide bonds. The number of rotatable bonds is 1. The van der Waals surface area contributed by atoms with Crippen molar-refractivity contribution < 1.29 is 0 Å². The minimum Gasteiger partial charge on any atom is -0.240 e. The summed E-state index contributed by atoms with van der Waals surface area (Å²) in [6, 6.07) is 5.65. The van der Waals surface area contributed by atoms with E-state index in [9.17, 15) is 0 Å². The Kier molecular flexibility index (Phi) is 2.38. The number of benzene rings is 1. The van der Waals surface area contributed by atoms with E-state index in [-0.39, 0.29) is 0 Å². The molecule has 1 aromatic heterocycles. The summed E-state index contributed by atoms with van der Waals surface area (Å²) in [4.78, 5) is 8.72. The second kappa shape index (κ2) is 3.54. The highest BCUT2D eigenvalue weighted by molar-refractivity contribution is 6.31. The first-order valence-corrected chi connectivity index (χ1v) is 4.97. The molecule has 0 aliphatic rings. The van der Waals surface area contributed by atoms with Gasteiger partial charge < -0.3 is 0 Å². The second-order valence-electron chi connectivity index (χ2n) is 3.59. The highest BCUT2D eigenvalue weighted by atomic mass is 35.5. The first kappa shape index (κ1) is 9.41. The minimum absolute atomic E-state index is 0.346. The Balaban J connectivity index is 2.63. The van der Waals surface area contributed by atoms with Crippen molar-refractivity contribution in [2.24, 2.45) is 0 Å². The number of halogens is 1. The molecule has 3 heteroatoms. The number of nitrogens with zero attached hydrogens (tertiary/aromatic N) is 2. The zero-order valence-electron chi connectivity index (χ0n) is 8.16. The zero-order chi connectivity index (χ0) is 10.1. The lowest BCUT2D eigenvalue weighted by Gasteiger charge is -2.04. The largest absolute Gasteiger partial charge is 0.240 e. The number of fused-ring (bicyclic) bond motifs is 1. The minimum atomic E-state index is 0.346. The molecule has 0 unspecified atom stereocenters. The van der Waals surface area contributed by atoms with Gasteiger partial charge in [-0.15, -0.1) is 0 Å². The summed E-state index contributed by atoms with van der Waals surface area (Å²) in [5.41, 5.74) is 0.913. The van der Waals surface area contributed by atoms with Crippen molar-refractivity contribution in [3.05, 3.63) is 35.2 Å². The van der Waals surface area contributed by atoms with E-state index in [2.05, 4.69) is 23.8 Å². The molecule has 0 saturated heterocycles. The molecule has 0 saturated carbocycles. The predicted octanol–water partition coefficient (Wildman–Crippen LogP) is 3.41. The standard InChI is InChI=1S/C11H11ClN2/c1-7(2)11-13-6-8-3-4-9(12)5-10(8)14-11/h3-7H,1-2H3.